The zero-order valence-electron chi connectivity index (χ0n) is 17.7. The SMILES string of the molecule is Cc1cc(C)c(S(=O)(=O)N2CCO[C@H]2CNC(=O)C(=O)NCc2ccccn2)c(C)c1. The molecule has 2 amide bonds. The van der Waals surface area contributed by atoms with E-state index >= 15 is 0 Å². The van der Waals surface area contributed by atoms with Crippen LogP contribution in [-0.2, 0) is 30.9 Å². The number of sulfonamides is 1. The predicted octanol–water partition coefficient (Wildman–Crippen LogP) is 0.786. The van der Waals surface area contributed by atoms with Gasteiger partial charge in [-0.25, -0.2) is 8.42 Å². The minimum atomic E-state index is -3.83. The summed E-state index contributed by atoms with van der Waals surface area (Å²) in [6.07, 6.45) is 0.698. The van der Waals surface area contributed by atoms with Gasteiger partial charge in [0, 0.05) is 12.7 Å². The Morgan fingerprint density at radius 2 is 1.81 bits per heavy atom. The number of carbonyl (C=O) groups is 2. The highest BCUT2D eigenvalue weighted by Gasteiger charge is 2.38. The molecular formula is C21H26N4O5S. The van der Waals surface area contributed by atoms with Crippen LogP contribution in [0.4, 0.5) is 0 Å². The highest BCUT2D eigenvalue weighted by molar-refractivity contribution is 7.89. The molecule has 0 aliphatic carbocycles. The van der Waals surface area contributed by atoms with Gasteiger partial charge in [-0.15, -0.1) is 0 Å². The largest absolute Gasteiger partial charge is 0.359 e. The molecule has 0 saturated carbocycles. The third-order valence-electron chi connectivity index (χ3n) is 4.91. The Bertz CT molecular complexity index is 1050. The maximum Gasteiger partial charge on any atom is 0.309 e. The summed E-state index contributed by atoms with van der Waals surface area (Å²) in [5, 5.41) is 4.93. The summed E-state index contributed by atoms with van der Waals surface area (Å²) in [6, 6.07) is 8.89. The van der Waals surface area contributed by atoms with Gasteiger partial charge in [0.05, 0.1) is 30.3 Å². The number of aromatic nitrogens is 1. The normalized spacial score (nSPS) is 16.8. The van der Waals surface area contributed by atoms with Crippen LogP contribution in [-0.4, -0.2) is 55.4 Å². The van der Waals surface area contributed by atoms with Gasteiger partial charge in [-0.3, -0.25) is 14.6 Å². The van der Waals surface area contributed by atoms with Gasteiger partial charge in [0.25, 0.3) is 0 Å². The number of hydrogen-bond donors (Lipinski definition) is 2. The van der Waals surface area contributed by atoms with Crippen LogP contribution < -0.4 is 10.6 Å². The summed E-state index contributed by atoms with van der Waals surface area (Å²) >= 11 is 0. The molecule has 10 heteroatoms. The van der Waals surface area contributed by atoms with Gasteiger partial charge in [-0.05, 0) is 44.0 Å². The van der Waals surface area contributed by atoms with Crippen LogP contribution in [0.1, 0.15) is 22.4 Å². The Kier molecular flexibility index (Phi) is 7.04. The van der Waals surface area contributed by atoms with E-state index in [1.165, 1.54) is 4.31 Å². The van der Waals surface area contributed by atoms with Crippen molar-refractivity contribution in [1.82, 2.24) is 19.9 Å². The molecule has 0 bridgehead atoms. The fourth-order valence-corrected chi connectivity index (χ4v) is 5.57. The molecule has 2 aromatic rings. The van der Waals surface area contributed by atoms with E-state index in [9.17, 15) is 18.0 Å². The van der Waals surface area contributed by atoms with Crippen molar-refractivity contribution in [1.29, 1.82) is 0 Å². The van der Waals surface area contributed by atoms with Crippen molar-refractivity contribution in [3.63, 3.8) is 0 Å². The minimum absolute atomic E-state index is 0.111. The lowest BCUT2D eigenvalue weighted by Gasteiger charge is -2.24. The average Bonchev–Trinajstić information content (AvgIpc) is 3.19. The molecule has 1 aromatic carbocycles. The van der Waals surface area contributed by atoms with Crippen molar-refractivity contribution in [2.45, 2.75) is 38.4 Å². The summed E-state index contributed by atoms with van der Waals surface area (Å²) < 4.78 is 33.3. The summed E-state index contributed by atoms with van der Waals surface area (Å²) in [4.78, 5) is 28.5. The van der Waals surface area contributed by atoms with Crippen LogP contribution in [0.2, 0.25) is 0 Å². The van der Waals surface area contributed by atoms with Crippen molar-refractivity contribution in [3.05, 3.63) is 58.9 Å². The van der Waals surface area contributed by atoms with Crippen molar-refractivity contribution >= 4 is 21.8 Å². The average molecular weight is 447 g/mol. The summed E-state index contributed by atoms with van der Waals surface area (Å²) in [5.74, 6) is -1.70. The first-order valence-electron chi connectivity index (χ1n) is 9.87. The Labute approximate surface area is 181 Å². The molecule has 1 atom stereocenters. The molecular weight excluding hydrogens is 420 g/mol. The smallest absolute Gasteiger partial charge is 0.309 e. The van der Waals surface area contributed by atoms with E-state index in [1.807, 2.05) is 19.1 Å². The van der Waals surface area contributed by atoms with E-state index in [1.54, 1.807) is 38.2 Å². The lowest BCUT2D eigenvalue weighted by atomic mass is 10.1. The van der Waals surface area contributed by atoms with Gasteiger partial charge in [0.15, 0.2) is 0 Å². The van der Waals surface area contributed by atoms with Crippen LogP contribution in [0.15, 0.2) is 41.4 Å². The number of ether oxygens (including phenoxy) is 1. The van der Waals surface area contributed by atoms with Gasteiger partial charge >= 0.3 is 11.8 Å². The standard InChI is InChI=1S/C21H26N4O5S/c1-14-10-15(2)19(16(3)11-14)31(28,29)25-8-9-30-18(25)13-24-21(27)20(26)23-12-17-6-4-5-7-22-17/h4-7,10-11,18H,8-9,12-13H2,1-3H3,(H,23,26)(H,24,27)/t18-/m0/s1. The second-order valence-electron chi connectivity index (χ2n) is 7.38. The number of amides is 2. The van der Waals surface area contributed by atoms with Gasteiger partial charge in [-0.1, -0.05) is 23.8 Å². The second kappa shape index (κ2) is 9.54. The molecule has 9 nitrogen and oxygen atoms in total. The fraction of sp³-hybridized carbons (Fsp3) is 0.381. The summed E-state index contributed by atoms with van der Waals surface area (Å²) in [5.41, 5.74) is 2.90. The predicted molar refractivity (Wildman–Crippen MR) is 113 cm³/mol. The van der Waals surface area contributed by atoms with Crippen LogP contribution in [0.5, 0.6) is 0 Å². The van der Waals surface area contributed by atoms with E-state index in [2.05, 4.69) is 15.6 Å². The second-order valence-corrected chi connectivity index (χ2v) is 9.21. The summed E-state index contributed by atoms with van der Waals surface area (Å²) in [6.45, 7) is 5.77. The Balaban J connectivity index is 1.63. The van der Waals surface area contributed by atoms with Gasteiger partial charge in [0.2, 0.25) is 10.0 Å². The van der Waals surface area contributed by atoms with Gasteiger partial charge < -0.3 is 15.4 Å². The number of benzene rings is 1. The maximum atomic E-state index is 13.3. The molecule has 31 heavy (non-hydrogen) atoms. The number of aryl methyl sites for hydroxylation is 3. The van der Waals surface area contributed by atoms with Gasteiger partial charge in [-0.2, -0.15) is 4.31 Å². The number of rotatable bonds is 6. The molecule has 2 heterocycles. The van der Waals surface area contributed by atoms with E-state index in [0.717, 1.165) is 5.56 Å². The van der Waals surface area contributed by atoms with Crippen molar-refractivity contribution < 1.29 is 22.7 Å². The van der Waals surface area contributed by atoms with Crippen LogP contribution in [0.25, 0.3) is 0 Å². The van der Waals surface area contributed by atoms with Crippen molar-refractivity contribution in [3.8, 4) is 0 Å². The van der Waals surface area contributed by atoms with E-state index in [4.69, 9.17) is 4.74 Å². The third kappa shape index (κ3) is 5.27. The lowest BCUT2D eigenvalue weighted by Crippen LogP contribution is -2.47. The lowest BCUT2D eigenvalue weighted by molar-refractivity contribution is -0.139. The first-order valence-corrected chi connectivity index (χ1v) is 11.3. The zero-order chi connectivity index (χ0) is 22.6. The van der Waals surface area contributed by atoms with E-state index < -0.39 is 28.1 Å². The molecule has 1 fully saturated rings. The number of pyridine rings is 1. The molecule has 1 aliphatic rings. The Hall–Kier alpha value is -2.82. The Morgan fingerprint density at radius 3 is 2.45 bits per heavy atom. The molecule has 1 saturated heterocycles. The number of nitrogens with one attached hydrogen (secondary N) is 2. The van der Waals surface area contributed by atoms with Crippen LogP contribution in [0.3, 0.4) is 0 Å². The maximum absolute atomic E-state index is 13.3. The molecule has 1 aliphatic heterocycles. The number of nitrogens with zero attached hydrogens (tertiary/aromatic N) is 2. The molecule has 3 rings (SSSR count). The van der Waals surface area contributed by atoms with E-state index in [-0.39, 0.29) is 31.1 Å². The third-order valence-corrected chi connectivity index (χ3v) is 7.11. The number of hydrogen-bond acceptors (Lipinski definition) is 6. The van der Waals surface area contributed by atoms with Crippen LogP contribution in [0, 0.1) is 20.8 Å². The molecule has 1 aromatic heterocycles. The first kappa shape index (κ1) is 22.9. The van der Waals surface area contributed by atoms with E-state index in [0.29, 0.717) is 16.8 Å². The van der Waals surface area contributed by atoms with Gasteiger partial charge in [0.1, 0.15) is 6.23 Å². The van der Waals surface area contributed by atoms with Crippen LogP contribution >= 0.6 is 0 Å². The highest BCUT2D eigenvalue weighted by Crippen LogP contribution is 2.28. The molecule has 166 valence electrons. The molecule has 0 radical (unpaired) electrons. The summed E-state index contributed by atoms with van der Waals surface area (Å²) in [7, 11) is -3.83. The quantitative estimate of drug-likeness (QED) is 0.634. The molecule has 0 unspecified atom stereocenters. The first-order chi connectivity index (χ1) is 14.7. The zero-order valence-corrected chi connectivity index (χ0v) is 18.5. The molecule has 0 spiro atoms. The Morgan fingerprint density at radius 1 is 1.13 bits per heavy atom. The monoisotopic (exact) mass is 446 g/mol. The van der Waals surface area contributed by atoms with Crippen molar-refractivity contribution in [2.24, 2.45) is 0 Å². The highest BCUT2D eigenvalue weighted by atomic mass is 32.2. The topological polar surface area (TPSA) is 118 Å². The molecule has 2 N–H and O–H groups in total. The van der Waals surface area contributed by atoms with Crippen molar-refractivity contribution in [2.75, 3.05) is 19.7 Å². The minimum Gasteiger partial charge on any atom is -0.359 e. The fourth-order valence-electron chi connectivity index (χ4n) is 3.65. The number of carbonyl (C=O) groups excluding carboxylic acids is 2.